The molecule has 0 spiro atoms. The molecule has 0 bridgehead atoms. The maximum absolute atomic E-state index is 13.2. The number of benzene rings is 2. The van der Waals surface area contributed by atoms with Crippen molar-refractivity contribution in [2.45, 2.75) is 81.2 Å². The molecule has 3 rings (SSSR count). The van der Waals surface area contributed by atoms with E-state index in [9.17, 15) is 14.4 Å². The Kier molecular flexibility index (Phi) is 11.4. The maximum Gasteiger partial charge on any atom is 0.262 e. The molecule has 0 fully saturated rings. The van der Waals surface area contributed by atoms with Gasteiger partial charge in [-0.05, 0) is 85.1 Å². The van der Waals surface area contributed by atoms with E-state index in [4.69, 9.17) is 4.74 Å². The first kappa shape index (κ1) is 34.4. The first-order chi connectivity index (χ1) is 20.6. The van der Waals surface area contributed by atoms with E-state index in [1.165, 1.54) is 18.6 Å². The van der Waals surface area contributed by atoms with E-state index in [-0.39, 0.29) is 34.9 Å². The largest absolute Gasteiger partial charge is 0.483 e. The first-order valence-electron chi connectivity index (χ1n) is 15.5. The van der Waals surface area contributed by atoms with Gasteiger partial charge in [0.05, 0.1) is 11.7 Å². The number of ketones is 1. The summed E-state index contributed by atoms with van der Waals surface area (Å²) in [5, 5.41) is 8.84. The molecule has 1 unspecified atom stereocenters. The summed E-state index contributed by atoms with van der Waals surface area (Å²) < 4.78 is 6.06. The summed E-state index contributed by atoms with van der Waals surface area (Å²) in [6, 6.07) is 13.6. The number of nitrogens with zero attached hydrogens (tertiary/aromatic N) is 1. The second kappa shape index (κ2) is 14.6. The highest BCUT2D eigenvalue weighted by atomic mass is 16.5. The molecule has 44 heavy (non-hydrogen) atoms. The van der Waals surface area contributed by atoms with Crippen LogP contribution in [0.1, 0.15) is 73.4 Å². The van der Waals surface area contributed by atoms with Crippen LogP contribution in [0, 0.1) is 10.8 Å². The summed E-state index contributed by atoms with van der Waals surface area (Å²) in [5.74, 6) is -0.448. The van der Waals surface area contributed by atoms with Crippen molar-refractivity contribution >= 4 is 29.0 Å². The number of nitrogens with one attached hydrogen (secondary N) is 3. The number of amides is 2. The molecule has 1 atom stereocenters. The van der Waals surface area contributed by atoms with Crippen LogP contribution < -0.4 is 25.6 Å². The third-order valence-corrected chi connectivity index (χ3v) is 7.07. The predicted octanol–water partition coefficient (Wildman–Crippen LogP) is 6.17. The second-order valence-electron chi connectivity index (χ2n) is 13.8. The van der Waals surface area contributed by atoms with E-state index in [2.05, 4.69) is 88.4 Å². The summed E-state index contributed by atoms with van der Waals surface area (Å²) in [4.78, 5) is 40.0. The molecule has 3 N–H and O–H groups in total. The lowest BCUT2D eigenvalue weighted by atomic mass is 9.84. The molecule has 8 nitrogen and oxygen atoms in total. The average Bonchev–Trinajstić information content (AvgIpc) is 2.90. The summed E-state index contributed by atoms with van der Waals surface area (Å²) in [6.45, 7) is 20.3. The van der Waals surface area contributed by atoms with Crippen LogP contribution in [0.25, 0.3) is 0 Å². The van der Waals surface area contributed by atoms with E-state index < -0.39 is 11.8 Å². The SMILES string of the molecule is CCN(CC)c1ccc(NC2C=C(NC(C)=O)C(=O)C=C2NC(=O)COc2ccc(CC(C)(C)C)cc2CC(C)(C)C)cc1. The molecule has 0 aliphatic heterocycles. The maximum atomic E-state index is 13.2. The molecule has 2 aromatic carbocycles. The summed E-state index contributed by atoms with van der Waals surface area (Å²) in [5.41, 5.74) is 4.93. The normalized spacial score (nSPS) is 15.2. The Morgan fingerprint density at radius 2 is 1.52 bits per heavy atom. The van der Waals surface area contributed by atoms with Crippen LogP contribution in [-0.4, -0.2) is 43.3 Å². The van der Waals surface area contributed by atoms with Gasteiger partial charge in [0.2, 0.25) is 11.7 Å². The number of hydrogen-bond donors (Lipinski definition) is 3. The number of rotatable bonds is 12. The third-order valence-electron chi connectivity index (χ3n) is 7.07. The van der Waals surface area contributed by atoms with Crippen molar-refractivity contribution in [3.63, 3.8) is 0 Å². The van der Waals surface area contributed by atoms with Crippen molar-refractivity contribution in [1.82, 2.24) is 10.6 Å². The lowest BCUT2D eigenvalue weighted by Crippen LogP contribution is -2.40. The third kappa shape index (κ3) is 10.6. The van der Waals surface area contributed by atoms with Crippen molar-refractivity contribution < 1.29 is 19.1 Å². The molecule has 0 saturated heterocycles. The number of hydrogen-bond acceptors (Lipinski definition) is 6. The van der Waals surface area contributed by atoms with Gasteiger partial charge in [0, 0.05) is 43.2 Å². The molecule has 238 valence electrons. The molecular formula is C36H50N4O4. The van der Waals surface area contributed by atoms with Crippen molar-refractivity contribution in [1.29, 1.82) is 0 Å². The van der Waals surface area contributed by atoms with Gasteiger partial charge in [0.15, 0.2) is 6.61 Å². The van der Waals surface area contributed by atoms with Crippen molar-refractivity contribution in [3.8, 4) is 5.75 Å². The van der Waals surface area contributed by atoms with Crippen molar-refractivity contribution in [2.24, 2.45) is 10.8 Å². The minimum atomic E-state index is -0.564. The van der Waals surface area contributed by atoms with Gasteiger partial charge in [-0.25, -0.2) is 0 Å². The van der Waals surface area contributed by atoms with Gasteiger partial charge < -0.3 is 25.6 Å². The fourth-order valence-corrected chi connectivity index (χ4v) is 5.26. The number of carbonyl (C=O) groups excluding carboxylic acids is 3. The number of carbonyl (C=O) groups is 3. The van der Waals surface area contributed by atoms with Crippen LogP contribution in [0.3, 0.4) is 0 Å². The summed E-state index contributed by atoms with van der Waals surface area (Å²) in [6.07, 6.45) is 4.70. The Labute approximate surface area is 263 Å². The van der Waals surface area contributed by atoms with Gasteiger partial charge in [-0.15, -0.1) is 0 Å². The highest BCUT2D eigenvalue weighted by Crippen LogP contribution is 2.31. The lowest BCUT2D eigenvalue weighted by Gasteiger charge is -2.26. The predicted molar refractivity (Wildman–Crippen MR) is 179 cm³/mol. The zero-order valence-corrected chi connectivity index (χ0v) is 27.9. The monoisotopic (exact) mass is 602 g/mol. The average molecular weight is 603 g/mol. The molecule has 1 aliphatic carbocycles. The highest BCUT2D eigenvalue weighted by molar-refractivity contribution is 6.08. The summed E-state index contributed by atoms with van der Waals surface area (Å²) >= 11 is 0. The lowest BCUT2D eigenvalue weighted by molar-refractivity contribution is -0.122. The topological polar surface area (TPSA) is 99.8 Å². The van der Waals surface area contributed by atoms with Gasteiger partial charge in [0.1, 0.15) is 5.75 Å². The summed E-state index contributed by atoms with van der Waals surface area (Å²) in [7, 11) is 0. The Balaban J connectivity index is 1.78. The van der Waals surface area contributed by atoms with E-state index in [0.29, 0.717) is 11.4 Å². The van der Waals surface area contributed by atoms with E-state index in [0.717, 1.165) is 42.9 Å². The number of allylic oxidation sites excluding steroid dienone is 1. The quantitative estimate of drug-likeness (QED) is 0.269. The Bertz CT molecular complexity index is 1390. The highest BCUT2D eigenvalue weighted by Gasteiger charge is 2.25. The number of anilines is 2. The molecule has 2 aromatic rings. The van der Waals surface area contributed by atoms with Crippen molar-refractivity contribution in [2.75, 3.05) is 29.9 Å². The molecule has 0 radical (unpaired) electrons. The zero-order valence-electron chi connectivity index (χ0n) is 27.9. The second-order valence-corrected chi connectivity index (χ2v) is 13.8. The Hall–Kier alpha value is -4.07. The van der Waals surface area contributed by atoms with Crippen LogP contribution in [-0.2, 0) is 27.2 Å². The van der Waals surface area contributed by atoms with Gasteiger partial charge in [0.25, 0.3) is 5.91 Å². The first-order valence-corrected chi connectivity index (χ1v) is 15.5. The molecule has 0 aromatic heterocycles. The van der Waals surface area contributed by atoms with Crippen LogP contribution in [0.5, 0.6) is 5.75 Å². The molecule has 0 saturated carbocycles. The molecular weight excluding hydrogens is 552 g/mol. The van der Waals surface area contributed by atoms with E-state index >= 15 is 0 Å². The van der Waals surface area contributed by atoms with Gasteiger partial charge in [-0.2, -0.15) is 0 Å². The van der Waals surface area contributed by atoms with E-state index in [1.807, 2.05) is 30.3 Å². The zero-order chi connectivity index (χ0) is 32.7. The fraction of sp³-hybridized carbons (Fsp3) is 0.472. The van der Waals surface area contributed by atoms with Gasteiger partial charge in [-0.1, -0.05) is 53.7 Å². The molecule has 0 heterocycles. The molecule has 1 aliphatic rings. The van der Waals surface area contributed by atoms with Gasteiger partial charge >= 0.3 is 0 Å². The van der Waals surface area contributed by atoms with Gasteiger partial charge in [-0.3, -0.25) is 14.4 Å². The van der Waals surface area contributed by atoms with Crippen LogP contribution >= 0.6 is 0 Å². The van der Waals surface area contributed by atoms with E-state index in [1.54, 1.807) is 6.08 Å². The minimum absolute atomic E-state index is 0.0361. The Morgan fingerprint density at radius 3 is 2.09 bits per heavy atom. The fourth-order valence-electron chi connectivity index (χ4n) is 5.26. The van der Waals surface area contributed by atoms with Crippen LogP contribution in [0.15, 0.2) is 66.0 Å². The van der Waals surface area contributed by atoms with Crippen molar-refractivity contribution in [3.05, 3.63) is 77.1 Å². The van der Waals surface area contributed by atoms with Crippen LogP contribution in [0.4, 0.5) is 11.4 Å². The minimum Gasteiger partial charge on any atom is -0.483 e. The number of ether oxygens (including phenoxy) is 1. The van der Waals surface area contributed by atoms with Crippen LogP contribution in [0.2, 0.25) is 0 Å². The standard InChI is InChI=1S/C36H50N4O4/c1-10-40(11-2)28-15-13-27(14-16-28)38-29-19-31(37-24(3)41)32(42)20-30(29)39-34(43)23-44-33-17-12-25(21-35(4,5)6)18-26(33)22-36(7,8)9/h12-20,29,38H,10-11,21-23H2,1-9H3,(H,37,41)(H,39,43). The smallest absolute Gasteiger partial charge is 0.262 e. The molecule has 8 heteroatoms. The Morgan fingerprint density at radius 1 is 0.886 bits per heavy atom. The molecule has 2 amide bonds.